The minimum absolute atomic E-state index is 0.0143. The van der Waals surface area contributed by atoms with E-state index in [1.807, 2.05) is 23.1 Å². The maximum atomic E-state index is 12.9. The fraction of sp³-hybridized carbons (Fsp3) is 0.591. The number of fused-ring (bicyclic) bond motifs is 2. The molecule has 162 valence electrons. The Morgan fingerprint density at radius 1 is 1.17 bits per heavy atom. The molecule has 3 amide bonds. The molecule has 2 atom stereocenters. The SMILES string of the molecule is O=C1N[C@@H]2CCN(C(=O)CN3CSCC3=O)C[C@@H]2CCCCCOc2ccccc21. The van der Waals surface area contributed by atoms with Gasteiger partial charge in [-0.1, -0.05) is 25.0 Å². The van der Waals surface area contributed by atoms with Gasteiger partial charge in [0.05, 0.1) is 23.8 Å². The first-order valence-corrected chi connectivity index (χ1v) is 11.9. The third-order valence-corrected chi connectivity index (χ3v) is 7.11. The van der Waals surface area contributed by atoms with E-state index in [-0.39, 0.29) is 36.2 Å². The van der Waals surface area contributed by atoms with Gasteiger partial charge >= 0.3 is 0 Å². The Bertz CT molecular complexity index is 802. The van der Waals surface area contributed by atoms with Crippen LogP contribution in [0.2, 0.25) is 0 Å². The number of carbonyl (C=O) groups is 3. The summed E-state index contributed by atoms with van der Waals surface area (Å²) in [5.41, 5.74) is 0.570. The van der Waals surface area contributed by atoms with Crippen LogP contribution in [0.1, 0.15) is 42.5 Å². The number of thioether (sulfide) groups is 1. The van der Waals surface area contributed by atoms with Crippen LogP contribution in [0.15, 0.2) is 24.3 Å². The van der Waals surface area contributed by atoms with Gasteiger partial charge in [-0.05, 0) is 37.3 Å². The van der Waals surface area contributed by atoms with E-state index in [4.69, 9.17) is 4.74 Å². The molecule has 0 aliphatic carbocycles. The molecule has 3 aliphatic heterocycles. The van der Waals surface area contributed by atoms with Gasteiger partial charge in [0.1, 0.15) is 12.3 Å². The van der Waals surface area contributed by atoms with Crippen LogP contribution in [0.4, 0.5) is 0 Å². The topological polar surface area (TPSA) is 79.0 Å². The molecule has 0 spiro atoms. The highest BCUT2D eigenvalue weighted by Gasteiger charge is 2.34. The van der Waals surface area contributed by atoms with E-state index in [0.29, 0.717) is 42.6 Å². The number of amides is 3. The lowest BCUT2D eigenvalue weighted by molar-refractivity contribution is -0.139. The van der Waals surface area contributed by atoms with Crippen LogP contribution in [0.5, 0.6) is 5.75 Å². The second-order valence-corrected chi connectivity index (χ2v) is 9.19. The number of nitrogens with zero attached hydrogens (tertiary/aromatic N) is 2. The molecule has 30 heavy (non-hydrogen) atoms. The Balaban J connectivity index is 1.43. The van der Waals surface area contributed by atoms with Crippen LogP contribution < -0.4 is 10.1 Å². The zero-order chi connectivity index (χ0) is 20.9. The summed E-state index contributed by atoms with van der Waals surface area (Å²) in [7, 11) is 0. The Hall–Kier alpha value is -2.22. The zero-order valence-corrected chi connectivity index (χ0v) is 18.0. The summed E-state index contributed by atoms with van der Waals surface area (Å²) >= 11 is 1.55. The van der Waals surface area contributed by atoms with E-state index in [0.717, 1.165) is 32.1 Å². The number of piperidine rings is 1. The van der Waals surface area contributed by atoms with Crippen molar-refractivity contribution in [2.75, 3.05) is 37.9 Å². The Morgan fingerprint density at radius 3 is 2.87 bits per heavy atom. The number of nitrogens with one attached hydrogen (secondary N) is 1. The molecule has 7 nitrogen and oxygen atoms in total. The third-order valence-electron chi connectivity index (χ3n) is 6.16. The molecule has 3 aliphatic rings. The minimum atomic E-state index is -0.111. The number of likely N-dealkylation sites (tertiary alicyclic amines) is 1. The van der Waals surface area contributed by atoms with E-state index in [9.17, 15) is 14.4 Å². The third kappa shape index (κ3) is 4.91. The molecule has 0 aromatic heterocycles. The monoisotopic (exact) mass is 431 g/mol. The molecule has 4 rings (SSSR count). The maximum Gasteiger partial charge on any atom is 0.255 e. The summed E-state index contributed by atoms with van der Waals surface area (Å²) in [6, 6.07) is 7.42. The molecule has 0 saturated carbocycles. The Labute approximate surface area is 181 Å². The summed E-state index contributed by atoms with van der Waals surface area (Å²) in [6.07, 6.45) is 4.76. The highest BCUT2D eigenvalue weighted by atomic mass is 32.2. The van der Waals surface area contributed by atoms with Gasteiger partial charge in [-0.2, -0.15) is 0 Å². The number of hydrogen-bond acceptors (Lipinski definition) is 5. The number of para-hydroxylation sites is 1. The van der Waals surface area contributed by atoms with Crippen LogP contribution >= 0.6 is 11.8 Å². The molecule has 3 heterocycles. The van der Waals surface area contributed by atoms with Crippen molar-refractivity contribution in [1.82, 2.24) is 15.1 Å². The second kappa shape index (κ2) is 9.73. The van der Waals surface area contributed by atoms with Gasteiger partial charge in [0.15, 0.2) is 0 Å². The number of carbonyl (C=O) groups excluding carboxylic acids is 3. The van der Waals surface area contributed by atoms with E-state index in [1.165, 1.54) is 0 Å². The van der Waals surface area contributed by atoms with Crippen molar-refractivity contribution >= 4 is 29.5 Å². The molecule has 0 unspecified atom stereocenters. The smallest absolute Gasteiger partial charge is 0.255 e. The van der Waals surface area contributed by atoms with Gasteiger partial charge in [-0.15, -0.1) is 11.8 Å². The first-order chi connectivity index (χ1) is 14.6. The molecule has 1 aromatic carbocycles. The Morgan fingerprint density at radius 2 is 2.03 bits per heavy atom. The Kier molecular flexibility index (Phi) is 6.82. The lowest BCUT2D eigenvalue weighted by Crippen LogP contribution is -2.54. The van der Waals surface area contributed by atoms with E-state index in [1.54, 1.807) is 22.7 Å². The lowest BCUT2D eigenvalue weighted by atomic mass is 9.87. The number of ether oxygens (including phenoxy) is 1. The summed E-state index contributed by atoms with van der Waals surface area (Å²) in [5, 5.41) is 3.21. The molecule has 8 heteroatoms. The fourth-order valence-corrected chi connectivity index (χ4v) is 5.34. The molecular weight excluding hydrogens is 402 g/mol. The van der Waals surface area contributed by atoms with Crippen molar-refractivity contribution in [2.24, 2.45) is 5.92 Å². The normalized spacial score (nSPS) is 25.3. The van der Waals surface area contributed by atoms with Gasteiger partial charge in [0.2, 0.25) is 11.8 Å². The van der Waals surface area contributed by atoms with Gasteiger partial charge < -0.3 is 19.9 Å². The van der Waals surface area contributed by atoms with Crippen LogP contribution in [-0.2, 0) is 9.59 Å². The van der Waals surface area contributed by atoms with Gasteiger partial charge in [-0.25, -0.2) is 0 Å². The van der Waals surface area contributed by atoms with Crippen LogP contribution in [0.3, 0.4) is 0 Å². The first-order valence-electron chi connectivity index (χ1n) is 10.8. The van der Waals surface area contributed by atoms with Crippen LogP contribution in [0, 0.1) is 5.92 Å². The first kappa shape index (κ1) is 21.0. The summed E-state index contributed by atoms with van der Waals surface area (Å²) in [6.45, 7) is 2.01. The fourth-order valence-electron chi connectivity index (χ4n) is 4.44. The summed E-state index contributed by atoms with van der Waals surface area (Å²) < 4.78 is 5.84. The maximum absolute atomic E-state index is 12.9. The quantitative estimate of drug-likeness (QED) is 0.776. The number of hydrogen-bond donors (Lipinski definition) is 1. The predicted molar refractivity (Wildman–Crippen MR) is 115 cm³/mol. The van der Waals surface area contributed by atoms with Crippen molar-refractivity contribution in [1.29, 1.82) is 0 Å². The van der Waals surface area contributed by atoms with E-state index < -0.39 is 0 Å². The molecule has 0 radical (unpaired) electrons. The molecule has 2 saturated heterocycles. The second-order valence-electron chi connectivity index (χ2n) is 8.23. The largest absolute Gasteiger partial charge is 0.493 e. The highest BCUT2D eigenvalue weighted by molar-refractivity contribution is 8.00. The minimum Gasteiger partial charge on any atom is -0.493 e. The zero-order valence-electron chi connectivity index (χ0n) is 17.2. The average molecular weight is 432 g/mol. The predicted octanol–water partition coefficient (Wildman–Crippen LogP) is 2.12. The molecular formula is C22H29N3O4S. The van der Waals surface area contributed by atoms with Gasteiger partial charge in [0.25, 0.3) is 5.91 Å². The molecule has 2 fully saturated rings. The van der Waals surface area contributed by atoms with Crippen LogP contribution in [-0.4, -0.2) is 71.4 Å². The molecule has 0 bridgehead atoms. The van der Waals surface area contributed by atoms with E-state index in [2.05, 4.69) is 5.32 Å². The van der Waals surface area contributed by atoms with E-state index >= 15 is 0 Å². The van der Waals surface area contributed by atoms with Crippen LogP contribution in [0.25, 0.3) is 0 Å². The van der Waals surface area contributed by atoms with Crippen molar-refractivity contribution in [3.63, 3.8) is 0 Å². The van der Waals surface area contributed by atoms with Crippen molar-refractivity contribution in [2.45, 2.75) is 38.1 Å². The highest BCUT2D eigenvalue weighted by Crippen LogP contribution is 2.26. The van der Waals surface area contributed by atoms with Gasteiger partial charge in [0, 0.05) is 19.1 Å². The summed E-state index contributed by atoms with van der Waals surface area (Å²) in [4.78, 5) is 41.1. The number of benzene rings is 1. The molecule has 1 N–H and O–H groups in total. The van der Waals surface area contributed by atoms with Crippen molar-refractivity contribution < 1.29 is 19.1 Å². The average Bonchev–Trinajstić information content (AvgIpc) is 3.15. The number of rotatable bonds is 2. The summed E-state index contributed by atoms with van der Waals surface area (Å²) in [5.74, 6) is 1.87. The van der Waals surface area contributed by atoms with Crippen molar-refractivity contribution in [3.05, 3.63) is 29.8 Å². The standard InChI is InChI=1S/C22H29N3O4S/c26-20(13-25-15-30-14-21(25)27)24-10-9-18-16(12-24)6-2-1-5-11-29-19-8-4-3-7-17(19)22(28)23-18/h3-4,7-8,16,18H,1-2,5-6,9-15H2,(H,23,28)/t16-,18+/m0/s1. The van der Waals surface area contributed by atoms with Crippen molar-refractivity contribution in [3.8, 4) is 5.75 Å². The molecule has 1 aromatic rings. The lowest BCUT2D eigenvalue weighted by Gasteiger charge is -2.39. The van der Waals surface area contributed by atoms with Gasteiger partial charge in [-0.3, -0.25) is 14.4 Å².